The minimum absolute atomic E-state index is 0.0940. The Kier molecular flexibility index (Phi) is 6.34. The standard InChI is InChI=1S/C34H31N5O2/c1-21-27(5-4-6-29(21)38-33(40)25-13-9-23(10-14-25)22-7-8-22)31-28-19-30(37-32(28)36-20-35-31)24-11-15-26(16-12-24)34(41)39-17-2-3-18-39/h4-6,9-16,19-20,22H,2-3,7-8,17-18H2,1H3,(H,38,40)(H,35,36,37). The normalized spacial score (nSPS) is 14.9. The Balaban J connectivity index is 1.15. The van der Waals surface area contributed by atoms with Crippen molar-refractivity contribution in [3.63, 3.8) is 0 Å². The van der Waals surface area contributed by atoms with Crippen LogP contribution in [0.2, 0.25) is 0 Å². The summed E-state index contributed by atoms with van der Waals surface area (Å²) in [7, 11) is 0. The molecule has 7 rings (SSSR count). The third-order valence-corrected chi connectivity index (χ3v) is 8.32. The van der Waals surface area contributed by atoms with Crippen molar-refractivity contribution in [1.29, 1.82) is 0 Å². The lowest BCUT2D eigenvalue weighted by Crippen LogP contribution is -2.27. The summed E-state index contributed by atoms with van der Waals surface area (Å²) < 4.78 is 0. The number of nitrogens with one attached hydrogen (secondary N) is 2. The Hall–Kier alpha value is -4.78. The van der Waals surface area contributed by atoms with E-state index in [4.69, 9.17) is 0 Å². The number of amides is 2. The second-order valence-corrected chi connectivity index (χ2v) is 11.1. The molecule has 0 radical (unpaired) electrons. The van der Waals surface area contributed by atoms with Gasteiger partial charge >= 0.3 is 0 Å². The molecule has 1 saturated carbocycles. The molecule has 5 aromatic rings. The fourth-order valence-electron chi connectivity index (χ4n) is 5.75. The number of rotatable bonds is 6. The molecule has 41 heavy (non-hydrogen) atoms. The van der Waals surface area contributed by atoms with Crippen LogP contribution in [0.1, 0.15) is 63.4 Å². The summed E-state index contributed by atoms with van der Waals surface area (Å²) in [6.07, 6.45) is 6.18. The number of anilines is 1. The fraction of sp³-hybridized carbons (Fsp3) is 0.235. The molecule has 2 N–H and O–H groups in total. The number of carbonyl (C=O) groups excluding carboxylic acids is 2. The molecule has 7 nitrogen and oxygen atoms in total. The van der Waals surface area contributed by atoms with Gasteiger partial charge in [-0.15, -0.1) is 0 Å². The van der Waals surface area contributed by atoms with Crippen LogP contribution >= 0.6 is 0 Å². The summed E-state index contributed by atoms with van der Waals surface area (Å²) in [5, 5.41) is 3.98. The van der Waals surface area contributed by atoms with E-state index in [0.717, 1.165) is 70.7 Å². The zero-order valence-corrected chi connectivity index (χ0v) is 23.0. The molecule has 1 aliphatic heterocycles. The van der Waals surface area contributed by atoms with E-state index in [1.54, 1.807) is 6.33 Å². The predicted octanol–water partition coefficient (Wildman–Crippen LogP) is 6.97. The highest BCUT2D eigenvalue weighted by Gasteiger charge is 2.24. The van der Waals surface area contributed by atoms with Gasteiger partial charge in [0.2, 0.25) is 0 Å². The van der Waals surface area contributed by atoms with Crippen molar-refractivity contribution in [3.05, 3.63) is 101 Å². The second kappa shape index (κ2) is 10.3. The van der Waals surface area contributed by atoms with Crippen molar-refractivity contribution in [2.45, 2.75) is 38.5 Å². The van der Waals surface area contributed by atoms with Crippen LogP contribution in [0.15, 0.2) is 79.1 Å². The van der Waals surface area contributed by atoms with Gasteiger partial charge in [-0.1, -0.05) is 36.4 Å². The summed E-state index contributed by atoms with van der Waals surface area (Å²) in [6.45, 7) is 3.67. The maximum absolute atomic E-state index is 13.1. The van der Waals surface area contributed by atoms with Crippen LogP contribution in [0.25, 0.3) is 33.5 Å². The highest BCUT2D eigenvalue weighted by molar-refractivity contribution is 6.05. The Morgan fingerprint density at radius 2 is 1.63 bits per heavy atom. The number of H-pyrrole nitrogens is 1. The van der Waals surface area contributed by atoms with E-state index in [0.29, 0.717) is 17.0 Å². The van der Waals surface area contributed by atoms with Gasteiger partial charge in [-0.25, -0.2) is 9.97 Å². The fourth-order valence-corrected chi connectivity index (χ4v) is 5.75. The lowest BCUT2D eigenvalue weighted by atomic mass is 10.0. The Bertz CT molecular complexity index is 1760. The van der Waals surface area contributed by atoms with Crippen LogP contribution in [-0.4, -0.2) is 44.8 Å². The summed E-state index contributed by atoms with van der Waals surface area (Å²) in [5.41, 5.74) is 8.67. The summed E-state index contributed by atoms with van der Waals surface area (Å²) in [4.78, 5) is 40.3. The molecule has 2 aromatic heterocycles. The highest BCUT2D eigenvalue weighted by atomic mass is 16.2. The highest BCUT2D eigenvalue weighted by Crippen LogP contribution is 2.40. The molecule has 0 atom stereocenters. The van der Waals surface area contributed by atoms with Crippen molar-refractivity contribution < 1.29 is 9.59 Å². The van der Waals surface area contributed by atoms with Crippen LogP contribution in [0.3, 0.4) is 0 Å². The minimum atomic E-state index is -0.129. The van der Waals surface area contributed by atoms with Crippen LogP contribution in [0.4, 0.5) is 5.69 Å². The average Bonchev–Trinajstić information content (AvgIpc) is 3.52. The first-order chi connectivity index (χ1) is 20.0. The number of benzene rings is 3. The van der Waals surface area contributed by atoms with Gasteiger partial charge in [0, 0.05) is 46.5 Å². The number of hydrogen-bond acceptors (Lipinski definition) is 4. The van der Waals surface area contributed by atoms with E-state index in [1.165, 1.54) is 18.4 Å². The van der Waals surface area contributed by atoms with E-state index in [-0.39, 0.29) is 11.8 Å². The maximum atomic E-state index is 13.1. The van der Waals surface area contributed by atoms with Gasteiger partial charge in [-0.05, 0) is 91.6 Å². The molecule has 2 fully saturated rings. The largest absolute Gasteiger partial charge is 0.339 e. The molecule has 0 unspecified atom stereocenters. The van der Waals surface area contributed by atoms with Gasteiger partial charge in [0.15, 0.2) is 0 Å². The molecule has 0 bridgehead atoms. The lowest BCUT2D eigenvalue weighted by Gasteiger charge is -2.15. The number of fused-ring (bicyclic) bond motifs is 1. The van der Waals surface area contributed by atoms with Crippen molar-refractivity contribution in [1.82, 2.24) is 19.9 Å². The Morgan fingerprint density at radius 3 is 2.37 bits per heavy atom. The van der Waals surface area contributed by atoms with E-state index in [1.807, 2.05) is 72.5 Å². The van der Waals surface area contributed by atoms with Gasteiger partial charge in [0.05, 0.1) is 5.69 Å². The predicted molar refractivity (Wildman–Crippen MR) is 161 cm³/mol. The first-order valence-corrected chi connectivity index (χ1v) is 14.3. The van der Waals surface area contributed by atoms with Gasteiger partial charge in [-0.2, -0.15) is 0 Å². The number of nitrogens with zero attached hydrogens (tertiary/aromatic N) is 3. The molecule has 3 heterocycles. The summed E-state index contributed by atoms with van der Waals surface area (Å²) in [5.74, 6) is 0.626. The summed E-state index contributed by atoms with van der Waals surface area (Å²) >= 11 is 0. The van der Waals surface area contributed by atoms with Gasteiger partial charge in [-0.3, -0.25) is 9.59 Å². The molecular formula is C34H31N5O2. The Labute approximate surface area is 238 Å². The maximum Gasteiger partial charge on any atom is 0.255 e. The topological polar surface area (TPSA) is 91.0 Å². The molecule has 0 spiro atoms. The van der Waals surface area contributed by atoms with Crippen LogP contribution in [0.5, 0.6) is 0 Å². The SMILES string of the molecule is Cc1c(NC(=O)c2ccc(C3CC3)cc2)cccc1-c1ncnc2[nH]c(-c3ccc(C(=O)N4CCCC4)cc3)cc12. The molecule has 2 amide bonds. The first-order valence-electron chi connectivity index (χ1n) is 14.3. The number of carbonyl (C=O) groups is 2. The summed E-state index contributed by atoms with van der Waals surface area (Å²) in [6, 6.07) is 23.6. The number of hydrogen-bond donors (Lipinski definition) is 2. The van der Waals surface area contributed by atoms with Gasteiger partial charge in [0.25, 0.3) is 11.8 Å². The monoisotopic (exact) mass is 541 g/mol. The first kappa shape index (κ1) is 25.2. The van der Waals surface area contributed by atoms with Crippen molar-refractivity contribution in [2.24, 2.45) is 0 Å². The minimum Gasteiger partial charge on any atom is -0.339 e. The molecule has 2 aliphatic rings. The van der Waals surface area contributed by atoms with E-state index < -0.39 is 0 Å². The van der Waals surface area contributed by atoms with Crippen LogP contribution < -0.4 is 5.32 Å². The molecule has 7 heteroatoms. The third-order valence-electron chi connectivity index (χ3n) is 8.32. The molecule has 3 aromatic carbocycles. The average molecular weight is 542 g/mol. The Morgan fingerprint density at radius 1 is 0.902 bits per heavy atom. The zero-order chi connectivity index (χ0) is 27.9. The van der Waals surface area contributed by atoms with Gasteiger partial charge in [0.1, 0.15) is 12.0 Å². The van der Waals surface area contributed by atoms with Crippen molar-refractivity contribution in [3.8, 4) is 22.5 Å². The van der Waals surface area contributed by atoms with Crippen LogP contribution in [0, 0.1) is 6.92 Å². The van der Waals surface area contributed by atoms with Crippen molar-refractivity contribution in [2.75, 3.05) is 18.4 Å². The van der Waals surface area contributed by atoms with Gasteiger partial charge < -0.3 is 15.2 Å². The molecule has 204 valence electrons. The molecule has 1 saturated heterocycles. The molecule has 1 aliphatic carbocycles. The quantitative estimate of drug-likeness (QED) is 0.243. The smallest absolute Gasteiger partial charge is 0.255 e. The number of likely N-dealkylation sites (tertiary alicyclic amines) is 1. The van der Waals surface area contributed by atoms with Crippen LogP contribution in [-0.2, 0) is 0 Å². The lowest BCUT2D eigenvalue weighted by molar-refractivity contribution is 0.0792. The zero-order valence-electron chi connectivity index (χ0n) is 23.0. The van der Waals surface area contributed by atoms with E-state index >= 15 is 0 Å². The number of aromatic nitrogens is 3. The van der Waals surface area contributed by atoms with E-state index in [2.05, 4.69) is 32.4 Å². The van der Waals surface area contributed by atoms with Crippen molar-refractivity contribution >= 4 is 28.5 Å². The second-order valence-electron chi connectivity index (χ2n) is 11.1. The third kappa shape index (κ3) is 4.88. The molecular weight excluding hydrogens is 510 g/mol. The number of aromatic amines is 1. The van der Waals surface area contributed by atoms with E-state index in [9.17, 15) is 9.59 Å².